The largest absolute Gasteiger partial charge is 0.468 e. The molecule has 0 radical (unpaired) electrons. The van der Waals surface area contributed by atoms with Crippen LogP contribution in [0, 0.1) is 5.92 Å². The summed E-state index contributed by atoms with van der Waals surface area (Å²) in [4.78, 5) is 25.5. The highest BCUT2D eigenvalue weighted by molar-refractivity contribution is 5.97. The van der Waals surface area contributed by atoms with Crippen molar-refractivity contribution in [1.82, 2.24) is 10.2 Å². The summed E-state index contributed by atoms with van der Waals surface area (Å²) in [5.74, 6) is -1.33. The van der Waals surface area contributed by atoms with Gasteiger partial charge >= 0.3 is 5.97 Å². The number of likely N-dealkylation sites (tertiary alicyclic amines) is 1. The summed E-state index contributed by atoms with van der Waals surface area (Å²) in [7, 11) is 3.35. The summed E-state index contributed by atoms with van der Waals surface area (Å²) >= 11 is 0. The number of amides is 1. The van der Waals surface area contributed by atoms with E-state index in [4.69, 9.17) is 0 Å². The van der Waals surface area contributed by atoms with E-state index in [1.807, 2.05) is 14.0 Å². The van der Waals surface area contributed by atoms with Crippen molar-refractivity contribution in [2.75, 3.05) is 27.2 Å². The molecule has 0 aromatic heterocycles. The Balaban J connectivity index is 2.49. The van der Waals surface area contributed by atoms with Crippen LogP contribution in [0.25, 0.3) is 0 Å². The van der Waals surface area contributed by atoms with Crippen LogP contribution in [0.4, 0.5) is 0 Å². The predicted octanol–water partition coefficient (Wildman–Crippen LogP) is 0.396. The molecule has 2 atom stereocenters. The maximum absolute atomic E-state index is 11.9. The molecule has 1 amide bonds. The van der Waals surface area contributed by atoms with Gasteiger partial charge in [0.05, 0.1) is 7.11 Å². The molecule has 0 saturated carbocycles. The van der Waals surface area contributed by atoms with Gasteiger partial charge in [0, 0.05) is 12.6 Å². The van der Waals surface area contributed by atoms with Crippen LogP contribution in [-0.2, 0) is 14.3 Å². The van der Waals surface area contributed by atoms with Gasteiger partial charge < -0.3 is 15.0 Å². The summed E-state index contributed by atoms with van der Waals surface area (Å²) < 4.78 is 4.62. The van der Waals surface area contributed by atoms with E-state index in [1.54, 1.807) is 0 Å². The van der Waals surface area contributed by atoms with Crippen LogP contribution < -0.4 is 5.32 Å². The number of likely N-dealkylation sites (N-methyl/N-ethyl adjacent to an activating group) is 1. The van der Waals surface area contributed by atoms with E-state index in [9.17, 15) is 9.59 Å². The number of nitrogens with one attached hydrogen (secondary N) is 1. The minimum absolute atomic E-state index is 0.153. The van der Waals surface area contributed by atoms with Crippen LogP contribution >= 0.6 is 0 Å². The lowest BCUT2D eigenvalue weighted by Gasteiger charge is -2.30. The number of carbonyl (C=O) groups excluding carboxylic acids is 2. The Labute approximate surface area is 102 Å². The van der Waals surface area contributed by atoms with Crippen molar-refractivity contribution in [3.8, 4) is 0 Å². The molecule has 17 heavy (non-hydrogen) atoms. The summed E-state index contributed by atoms with van der Waals surface area (Å²) in [5.41, 5.74) is 0. The zero-order chi connectivity index (χ0) is 12.8. The van der Waals surface area contributed by atoms with Crippen molar-refractivity contribution in [2.24, 2.45) is 5.92 Å². The van der Waals surface area contributed by atoms with Crippen molar-refractivity contribution in [3.05, 3.63) is 0 Å². The normalized spacial score (nSPS) is 22.9. The molecule has 1 N–H and O–H groups in total. The Morgan fingerprint density at radius 2 is 2.24 bits per heavy atom. The van der Waals surface area contributed by atoms with E-state index in [-0.39, 0.29) is 11.9 Å². The summed E-state index contributed by atoms with van der Waals surface area (Å²) in [6, 6.07) is 0.153. The molecule has 0 aromatic carbocycles. The number of ether oxygens (including phenoxy) is 1. The highest BCUT2D eigenvalue weighted by atomic mass is 16.5. The van der Waals surface area contributed by atoms with Crippen LogP contribution in [0.1, 0.15) is 26.2 Å². The topological polar surface area (TPSA) is 58.6 Å². The van der Waals surface area contributed by atoms with E-state index in [1.165, 1.54) is 7.11 Å². The fourth-order valence-corrected chi connectivity index (χ4v) is 2.19. The molecule has 98 valence electrons. The number of rotatable bonds is 4. The number of nitrogens with zero attached hydrogens (tertiary/aromatic N) is 1. The molecule has 1 aliphatic heterocycles. The van der Waals surface area contributed by atoms with Crippen LogP contribution in [0.2, 0.25) is 0 Å². The Bertz CT molecular complexity index is 281. The molecule has 1 rings (SSSR count). The SMILES string of the molecule is CCC(C(=O)NC1CCCN(C)C1)C(=O)OC. The average molecular weight is 242 g/mol. The second kappa shape index (κ2) is 6.59. The molecule has 0 bridgehead atoms. The maximum Gasteiger partial charge on any atom is 0.318 e. The van der Waals surface area contributed by atoms with Gasteiger partial charge in [0.2, 0.25) is 5.91 Å². The first-order chi connectivity index (χ1) is 8.08. The maximum atomic E-state index is 11.9. The number of methoxy groups -OCH3 is 1. The first-order valence-corrected chi connectivity index (χ1v) is 6.15. The van der Waals surface area contributed by atoms with E-state index < -0.39 is 11.9 Å². The standard InChI is InChI=1S/C12H22N2O3/c1-4-10(12(16)17-3)11(15)13-9-6-5-7-14(2)8-9/h9-10H,4-8H2,1-3H3,(H,13,15). The van der Waals surface area contributed by atoms with Gasteiger partial charge in [0.15, 0.2) is 0 Å². The van der Waals surface area contributed by atoms with Gasteiger partial charge in [0.25, 0.3) is 0 Å². The van der Waals surface area contributed by atoms with Gasteiger partial charge in [0.1, 0.15) is 5.92 Å². The second-order valence-electron chi connectivity index (χ2n) is 4.59. The second-order valence-corrected chi connectivity index (χ2v) is 4.59. The lowest BCUT2D eigenvalue weighted by Crippen LogP contribution is -2.49. The van der Waals surface area contributed by atoms with Crippen LogP contribution in [0.15, 0.2) is 0 Å². The quantitative estimate of drug-likeness (QED) is 0.572. The van der Waals surface area contributed by atoms with Gasteiger partial charge in [-0.2, -0.15) is 0 Å². The molecule has 0 spiro atoms. The Hall–Kier alpha value is -1.10. The smallest absolute Gasteiger partial charge is 0.318 e. The monoisotopic (exact) mass is 242 g/mol. The molecule has 0 aromatic rings. The predicted molar refractivity (Wildman–Crippen MR) is 64.5 cm³/mol. The summed E-state index contributed by atoms with van der Waals surface area (Å²) in [5, 5.41) is 2.93. The van der Waals surface area contributed by atoms with Gasteiger partial charge in [-0.3, -0.25) is 9.59 Å². The van der Waals surface area contributed by atoms with Gasteiger partial charge in [-0.15, -0.1) is 0 Å². The molecule has 1 heterocycles. The first kappa shape index (κ1) is 14.0. The molecule has 5 heteroatoms. The lowest BCUT2D eigenvalue weighted by atomic mass is 10.0. The molecule has 0 aliphatic carbocycles. The summed E-state index contributed by atoms with van der Waals surface area (Å²) in [6.07, 6.45) is 2.53. The van der Waals surface area contributed by atoms with Crippen LogP contribution in [-0.4, -0.2) is 50.1 Å². The third-order valence-electron chi connectivity index (χ3n) is 3.18. The molecule has 5 nitrogen and oxygen atoms in total. The van der Waals surface area contributed by atoms with E-state index in [0.29, 0.717) is 6.42 Å². The molecule has 1 fully saturated rings. The van der Waals surface area contributed by atoms with Crippen molar-refractivity contribution in [1.29, 1.82) is 0 Å². The Morgan fingerprint density at radius 3 is 2.76 bits per heavy atom. The number of esters is 1. The number of carbonyl (C=O) groups is 2. The molecule has 2 unspecified atom stereocenters. The molecule has 1 saturated heterocycles. The highest BCUT2D eigenvalue weighted by Gasteiger charge is 2.28. The zero-order valence-electron chi connectivity index (χ0n) is 10.9. The van der Waals surface area contributed by atoms with Crippen molar-refractivity contribution < 1.29 is 14.3 Å². The van der Waals surface area contributed by atoms with Crippen LogP contribution in [0.5, 0.6) is 0 Å². The summed E-state index contributed by atoms with van der Waals surface area (Å²) in [6.45, 7) is 3.73. The van der Waals surface area contributed by atoms with E-state index >= 15 is 0 Å². The minimum Gasteiger partial charge on any atom is -0.468 e. The van der Waals surface area contributed by atoms with E-state index in [2.05, 4.69) is 15.0 Å². The Morgan fingerprint density at radius 1 is 1.53 bits per heavy atom. The number of piperidine rings is 1. The van der Waals surface area contributed by atoms with E-state index in [0.717, 1.165) is 25.9 Å². The minimum atomic E-state index is -0.674. The van der Waals surface area contributed by atoms with Gasteiger partial charge in [-0.25, -0.2) is 0 Å². The van der Waals surface area contributed by atoms with Crippen molar-refractivity contribution in [2.45, 2.75) is 32.2 Å². The zero-order valence-corrected chi connectivity index (χ0v) is 10.9. The van der Waals surface area contributed by atoms with Crippen molar-refractivity contribution in [3.63, 3.8) is 0 Å². The molecular formula is C12H22N2O3. The first-order valence-electron chi connectivity index (χ1n) is 6.15. The van der Waals surface area contributed by atoms with Gasteiger partial charge in [-0.05, 0) is 32.9 Å². The highest BCUT2D eigenvalue weighted by Crippen LogP contribution is 2.11. The lowest BCUT2D eigenvalue weighted by molar-refractivity contribution is -0.150. The number of hydrogen-bond donors (Lipinski definition) is 1. The molecule has 1 aliphatic rings. The van der Waals surface area contributed by atoms with Gasteiger partial charge in [-0.1, -0.05) is 6.92 Å². The van der Waals surface area contributed by atoms with Crippen molar-refractivity contribution >= 4 is 11.9 Å². The number of hydrogen-bond acceptors (Lipinski definition) is 4. The molecular weight excluding hydrogens is 220 g/mol. The fourth-order valence-electron chi connectivity index (χ4n) is 2.19. The fraction of sp³-hybridized carbons (Fsp3) is 0.833. The Kier molecular flexibility index (Phi) is 5.41. The third kappa shape index (κ3) is 4.00. The van der Waals surface area contributed by atoms with Crippen LogP contribution in [0.3, 0.4) is 0 Å². The average Bonchev–Trinajstić information content (AvgIpc) is 2.29. The third-order valence-corrected chi connectivity index (χ3v) is 3.18.